The minimum Gasteiger partial charge on any atom is -0.332 e. The van der Waals surface area contributed by atoms with Gasteiger partial charge in [-0.3, -0.25) is 14.6 Å². The summed E-state index contributed by atoms with van der Waals surface area (Å²) in [5.74, 6) is 0.253. The van der Waals surface area contributed by atoms with E-state index in [4.69, 9.17) is 9.51 Å². The largest absolute Gasteiger partial charge is 0.332 e. The van der Waals surface area contributed by atoms with Gasteiger partial charge in [-0.25, -0.2) is 4.98 Å². The van der Waals surface area contributed by atoms with Crippen LogP contribution in [0.3, 0.4) is 0 Å². The molecule has 0 aliphatic heterocycles. The van der Waals surface area contributed by atoms with Crippen LogP contribution in [0.1, 0.15) is 0 Å². The van der Waals surface area contributed by atoms with Gasteiger partial charge in [0.2, 0.25) is 11.2 Å². The summed E-state index contributed by atoms with van der Waals surface area (Å²) >= 11 is 1.33. The first-order valence-electron chi connectivity index (χ1n) is 9.30. The second kappa shape index (κ2) is 8.83. The molecule has 9 heteroatoms. The van der Waals surface area contributed by atoms with Gasteiger partial charge in [0.15, 0.2) is 5.16 Å². The van der Waals surface area contributed by atoms with Crippen LogP contribution >= 0.6 is 11.8 Å². The highest BCUT2D eigenvalue weighted by atomic mass is 32.2. The summed E-state index contributed by atoms with van der Waals surface area (Å²) in [6.45, 7) is 0. The number of amides is 1. The average molecular weight is 422 g/mol. The summed E-state index contributed by atoms with van der Waals surface area (Å²) in [5.41, 5.74) is 3.83. The van der Waals surface area contributed by atoms with Crippen LogP contribution in [-0.4, -0.2) is 41.0 Å². The van der Waals surface area contributed by atoms with Crippen molar-refractivity contribution in [1.29, 1.82) is 0 Å². The number of anilines is 1. The van der Waals surface area contributed by atoms with Gasteiger partial charge in [-0.2, -0.15) is 5.01 Å². The standard InChI is InChI=1S/C21H20N6O2S/c1-26(2)27-13-18(29-25-27)22-17(28)14-30-21-23-19(15-9-5-3-6-10-15)20(24-21)16-11-7-4-8-12-16/h3-13H,14H2,1-2H3,(H-,22,23,24,25,28)/p+1. The van der Waals surface area contributed by atoms with Crippen LogP contribution < -0.4 is 15.1 Å². The Hall–Kier alpha value is -3.59. The smallest absolute Gasteiger partial charge is 0.305 e. The monoisotopic (exact) mass is 421 g/mol. The second-order valence-electron chi connectivity index (χ2n) is 6.67. The van der Waals surface area contributed by atoms with E-state index in [1.807, 2.05) is 74.8 Å². The summed E-state index contributed by atoms with van der Waals surface area (Å²) < 4.78 is 5.09. The summed E-state index contributed by atoms with van der Waals surface area (Å²) in [6, 6.07) is 20.0. The molecule has 0 aliphatic carbocycles. The fourth-order valence-electron chi connectivity index (χ4n) is 2.83. The Balaban J connectivity index is 1.50. The Morgan fingerprint density at radius 3 is 2.40 bits per heavy atom. The van der Waals surface area contributed by atoms with Crippen LogP contribution in [0.25, 0.3) is 22.5 Å². The van der Waals surface area contributed by atoms with Gasteiger partial charge in [0.25, 0.3) is 6.20 Å². The molecule has 0 aliphatic rings. The highest BCUT2D eigenvalue weighted by Crippen LogP contribution is 2.32. The zero-order valence-corrected chi connectivity index (χ0v) is 17.4. The molecule has 0 spiro atoms. The Morgan fingerprint density at radius 2 is 1.77 bits per heavy atom. The van der Waals surface area contributed by atoms with E-state index in [0.717, 1.165) is 22.5 Å². The normalized spacial score (nSPS) is 10.7. The molecule has 0 bridgehead atoms. The summed E-state index contributed by atoms with van der Waals surface area (Å²) in [7, 11) is 3.63. The van der Waals surface area contributed by atoms with Crippen LogP contribution in [0.5, 0.6) is 0 Å². The molecule has 0 radical (unpaired) electrons. The van der Waals surface area contributed by atoms with Gasteiger partial charge < -0.3 is 4.98 Å². The van der Waals surface area contributed by atoms with Gasteiger partial charge in [0.1, 0.15) is 0 Å². The van der Waals surface area contributed by atoms with E-state index in [-0.39, 0.29) is 17.5 Å². The number of imidazole rings is 1. The molecule has 1 amide bonds. The van der Waals surface area contributed by atoms with E-state index in [2.05, 4.69) is 15.6 Å². The number of nitrogens with one attached hydrogen (secondary N) is 2. The third-order valence-corrected chi connectivity index (χ3v) is 5.13. The number of benzene rings is 2. The van der Waals surface area contributed by atoms with Gasteiger partial charge in [-0.15, -0.1) is 0 Å². The fraction of sp³-hybridized carbons (Fsp3) is 0.143. The van der Waals surface area contributed by atoms with Crippen molar-refractivity contribution in [3.8, 4) is 22.5 Å². The Bertz CT molecular complexity index is 1070. The molecule has 0 saturated heterocycles. The highest BCUT2D eigenvalue weighted by molar-refractivity contribution is 7.99. The van der Waals surface area contributed by atoms with Crippen LogP contribution in [0.2, 0.25) is 0 Å². The van der Waals surface area contributed by atoms with Crippen molar-refractivity contribution in [3.05, 3.63) is 66.9 Å². The molecule has 0 saturated carbocycles. The number of hydrogen-bond acceptors (Lipinski definition) is 6. The molecule has 0 atom stereocenters. The van der Waals surface area contributed by atoms with Crippen molar-refractivity contribution >= 4 is 23.6 Å². The molecule has 2 heterocycles. The predicted molar refractivity (Wildman–Crippen MR) is 116 cm³/mol. The van der Waals surface area contributed by atoms with E-state index in [0.29, 0.717) is 5.16 Å². The van der Waals surface area contributed by atoms with Gasteiger partial charge >= 0.3 is 5.88 Å². The van der Waals surface area contributed by atoms with Crippen molar-refractivity contribution in [2.45, 2.75) is 5.16 Å². The maximum Gasteiger partial charge on any atom is 0.305 e. The number of aromatic nitrogens is 4. The number of carbonyl (C=O) groups is 1. The number of H-pyrrole nitrogens is 1. The lowest BCUT2D eigenvalue weighted by atomic mass is 10.1. The molecule has 2 aromatic heterocycles. The molecular formula is C21H21N6O2S+. The van der Waals surface area contributed by atoms with Gasteiger partial charge in [-0.05, 0) is 0 Å². The lowest BCUT2D eigenvalue weighted by Crippen LogP contribution is -2.53. The third kappa shape index (κ3) is 4.52. The molecule has 0 unspecified atom stereocenters. The van der Waals surface area contributed by atoms with Crippen molar-refractivity contribution < 1.29 is 14.1 Å². The highest BCUT2D eigenvalue weighted by Gasteiger charge is 2.18. The van der Waals surface area contributed by atoms with Crippen LogP contribution in [0.4, 0.5) is 5.88 Å². The minimum absolute atomic E-state index is 0.179. The van der Waals surface area contributed by atoms with E-state index >= 15 is 0 Å². The molecule has 2 aromatic carbocycles. The third-order valence-electron chi connectivity index (χ3n) is 4.26. The lowest BCUT2D eigenvalue weighted by Gasteiger charge is -2.02. The minimum atomic E-state index is -0.207. The molecule has 8 nitrogen and oxygen atoms in total. The maximum absolute atomic E-state index is 12.3. The zero-order chi connectivity index (χ0) is 20.9. The summed E-state index contributed by atoms with van der Waals surface area (Å²) in [4.78, 5) is 21.9. The van der Waals surface area contributed by atoms with Crippen LogP contribution in [0, 0.1) is 0 Å². The molecule has 152 valence electrons. The van der Waals surface area contributed by atoms with E-state index in [9.17, 15) is 4.79 Å². The Morgan fingerprint density at radius 1 is 1.10 bits per heavy atom. The zero-order valence-electron chi connectivity index (χ0n) is 16.6. The van der Waals surface area contributed by atoms with Gasteiger partial charge in [0, 0.05) is 11.1 Å². The number of thioether (sulfide) groups is 1. The van der Waals surface area contributed by atoms with Crippen molar-refractivity contribution in [2.24, 2.45) is 0 Å². The lowest BCUT2D eigenvalue weighted by molar-refractivity contribution is -0.753. The number of aromatic amines is 1. The van der Waals surface area contributed by atoms with E-state index < -0.39 is 0 Å². The number of hydrogen-bond donors (Lipinski definition) is 2. The van der Waals surface area contributed by atoms with Crippen molar-refractivity contribution in [3.63, 3.8) is 0 Å². The second-order valence-corrected chi connectivity index (χ2v) is 7.63. The number of nitrogens with zero attached hydrogens (tertiary/aromatic N) is 4. The first-order valence-corrected chi connectivity index (χ1v) is 10.3. The quantitative estimate of drug-likeness (QED) is 0.352. The first-order chi connectivity index (χ1) is 14.6. The Labute approximate surface area is 177 Å². The van der Waals surface area contributed by atoms with Crippen LogP contribution in [-0.2, 0) is 4.79 Å². The topological polar surface area (TPSA) is 90.9 Å². The average Bonchev–Trinajstić information content (AvgIpc) is 3.41. The molecule has 4 aromatic rings. The molecule has 4 rings (SSSR count). The SMILES string of the molecule is CN(C)[n+]1cc(NC(=O)CSc2nc(-c3ccccc3)c(-c3ccccc3)[nH]2)on1. The molecule has 30 heavy (non-hydrogen) atoms. The molecular weight excluding hydrogens is 400 g/mol. The summed E-state index contributed by atoms with van der Waals surface area (Å²) in [6.07, 6.45) is 1.59. The van der Waals surface area contributed by atoms with Gasteiger partial charge in [0.05, 0.1) is 36.0 Å². The molecule has 0 fully saturated rings. The maximum atomic E-state index is 12.3. The van der Waals surface area contributed by atoms with Gasteiger partial charge in [-0.1, -0.05) is 72.4 Å². The van der Waals surface area contributed by atoms with Crippen molar-refractivity contribution in [2.75, 3.05) is 30.2 Å². The summed E-state index contributed by atoms with van der Waals surface area (Å²) in [5, 5.41) is 8.88. The first kappa shape index (κ1) is 19.7. The predicted octanol–water partition coefficient (Wildman–Crippen LogP) is 2.95. The van der Waals surface area contributed by atoms with E-state index in [1.54, 1.807) is 11.2 Å². The number of carbonyl (C=O) groups excluding carboxylic acids is 1. The van der Waals surface area contributed by atoms with E-state index in [1.165, 1.54) is 16.6 Å². The number of rotatable bonds is 7. The fourth-order valence-corrected chi connectivity index (χ4v) is 3.50. The Kier molecular flexibility index (Phi) is 5.80. The molecule has 2 N–H and O–H groups in total. The van der Waals surface area contributed by atoms with Crippen LogP contribution in [0.15, 0.2) is 76.5 Å². The van der Waals surface area contributed by atoms with Crippen molar-refractivity contribution in [1.82, 2.24) is 15.2 Å².